The van der Waals surface area contributed by atoms with Crippen LogP contribution in [0.4, 0.5) is 0 Å². The molecular weight excluding hydrogens is 190 g/mol. The molecule has 2 fully saturated rings. The van der Waals surface area contributed by atoms with Crippen molar-refractivity contribution in [2.24, 2.45) is 0 Å². The highest BCUT2D eigenvalue weighted by Gasteiger charge is 2.37. The Balaban J connectivity index is 2.01. The molecule has 0 aromatic heterocycles. The quantitative estimate of drug-likeness (QED) is 0.752. The maximum atomic E-state index is 9.69. The summed E-state index contributed by atoms with van der Waals surface area (Å²) in [5.74, 6) is 0. The largest absolute Gasteiger partial charge is 0.394 e. The molecule has 3 nitrogen and oxygen atoms in total. The molecule has 2 heterocycles. The first-order valence-corrected chi connectivity index (χ1v) is 6.31. The Morgan fingerprint density at radius 3 is 2.13 bits per heavy atom. The first kappa shape index (κ1) is 11.4. The van der Waals surface area contributed by atoms with Crippen LogP contribution in [0.15, 0.2) is 0 Å². The van der Waals surface area contributed by atoms with Crippen LogP contribution in [0, 0.1) is 0 Å². The van der Waals surface area contributed by atoms with Crippen LogP contribution in [0.25, 0.3) is 0 Å². The van der Waals surface area contributed by atoms with Crippen molar-refractivity contribution in [2.45, 2.75) is 44.1 Å². The zero-order chi connectivity index (χ0) is 10.6. The molecule has 3 heteroatoms. The molecule has 2 saturated heterocycles. The van der Waals surface area contributed by atoms with E-state index in [9.17, 15) is 5.11 Å². The number of aliphatic hydroxyl groups excluding tert-OH is 1. The average molecular weight is 213 g/mol. The summed E-state index contributed by atoms with van der Waals surface area (Å²) in [7, 11) is 0. The standard InChI is InChI=1S/C12H23NO2/c14-11-12(5-9-15-10-6-12)13-7-3-1-2-4-8-13/h14H,1-11H2. The number of hydrogen-bond donors (Lipinski definition) is 1. The summed E-state index contributed by atoms with van der Waals surface area (Å²) in [6, 6.07) is 0. The zero-order valence-electron chi connectivity index (χ0n) is 9.58. The highest BCUT2D eigenvalue weighted by molar-refractivity contribution is 4.92. The molecule has 2 rings (SSSR count). The van der Waals surface area contributed by atoms with Gasteiger partial charge < -0.3 is 9.84 Å². The summed E-state index contributed by atoms with van der Waals surface area (Å²) in [6.07, 6.45) is 7.31. The molecule has 0 amide bonds. The fraction of sp³-hybridized carbons (Fsp3) is 1.00. The van der Waals surface area contributed by atoms with Gasteiger partial charge in [0.25, 0.3) is 0 Å². The minimum atomic E-state index is 0.0442. The lowest BCUT2D eigenvalue weighted by atomic mass is 9.88. The normalized spacial score (nSPS) is 28.6. The van der Waals surface area contributed by atoms with Gasteiger partial charge in [-0.15, -0.1) is 0 Å². The number of hydrogen-bond acceptors (Lipinski definition) is 3. The molecule has 0 radical (unpaired) electrons. The van der Waals surface area contributed by atoms with E-state index in [0.717, 1.165) is 26.1 Å². The number of ether oxygens (including phenoxy) is 1. The van der Waals surface area contributed by atoms with Crippen molar-refractivity contribution in [3.8, 4) is 0 Å². The van der Waals surface area contributed by atoms with Gasteiger partial charge in [-0.05, 0) is 38.8 Å². The molecule has 1 N–H and O–H groups in total. The number of likely N-dealkylation sites (tertiary alicyclic amines) is 1. The second kappa shape index (κ2) is 5.28. The van der Waals surface area contributed by atoms with Gasteiger partial charge in [0.2, 0.25) is 0 Å². The summed E-state index contributed by atoms with van der Waals surface area (Å²) in [4.78, 5) is 2.53. The summed E-state index contributed by atoms with van der Waals surface area (Å²) < 4.78 is 5.41. The van der Waals surface area contributed by atoms with Crippen molar-refractivity contribution in [1.82, 2.24) is 4.90 Å². The van der Waals surface area contributed by atoms with Gasteiger partial charge in [-0.2, -0.15) is 0 Å². The van der Waals surface area contributed by atoms with Gasteiger partial charge in [-0.1, -0.05) is 12.8 Å². The van der Waals surface area contributed by atoms with Gasteiger partial charge in [-0.25, -0.2) is 0 Å². The minimum Gasteiger partial charge on any atom is -0.394 e. The van der Waals surface area contributed by atoms with Crippen LogP contribution < -0.4 is 0 Å². The molecule has 0 bridgehead atoms. The van der Waals surface area contributed by atoms with Crippen LogP contribution in [0.1, 0.15) is 38.5 Å². The third-order valence-electron chi connectivity index (χ3n) is 3.99. The summed E-state index contributed by atoms with van der Waals surface area (Å²) in [5.41, 5.74) is 0.0442. The van der Waals surface area contributed by atoms with Gasteiger partial charge >= 0.3 is 0 Å². The Hall–Kier alpha value is -0.120. The van der Waals surface area contributed by atoms with Crippen LogP contribution in [0.5, 0.6) is 0 Å². The number of aliphatic hydroxyl groups is 1. The van der Waals surface area contributed by atoms with Crippen LogP contribution in [0.2, 0.25) is 0 Å². The molecule has 0 aromatic rings. The predicted octanol–water partition coefficient (Wildman–Crippen LogP) is 1.40. The molecule has 88 valence electrons. The van der Waals surface area contributed by atoms with Crippen LogP contribution in [-0.4, -0.2) is 48.5 Å². The van der Waals surface area contributed by atoms with Gasteiger partial charge in [0, 0.05) is 18.8 Å². The Morgan fingerprint density at radius 2 is 1.60 bits per heavy atom. The van der Waals surface area contributed by atoms with Gasteiger partial charge in [-0.3, -0.25) is 4.90 Å². The van der Waals surface area contributed by atoms with E-state index in [4.69, 9.17) is 4.74 Å². The van der Waals surface area contributed by atoms with E-state index in [1.165, 1.54) is 38.8 Å². The highest BCUT2D eigenvalue weighted by atomic mass is 16.5. The molecule has 0 aliphatic carbocycles. The van der Waals surface area contributed by atoms with Crippen molar-refractivity contribution in [3.05, 3.63) is 0 Å². The minimum absolute atomic E-state index is 0.0442. The van der Waals surface area contributed by atoms with Gasteiger partial charge in [0.05, 0.1) is 6.61 Å². The molecule has 0 atom stereocenters. The third kappa shape index (κ3) is 2.52. The summed E-state index contributed by atoms with van der Waals surface area (Å²) >= 11 is 0. The third-order valence-corrected chi connectivity index (χ3v) is 3.99. The van der Waals surface area contributed by atoms with Crippen LogP contribution >= 0.6 is 0 Å². The fourth-order valence-corrected chi connectivity index (χ4v) is 2.87. The van der Waals surface area contributed by atoms with E-state index < -0.39 is 0 Å². The SMILES string of the molecule is OCC1(N2CCCCCC2)CCOCC1. The van der Waals surface area contributed by atoms with Crippen molar-refractivity contribution < 1.29 is 9.84 Å². The first-order valence-electron chi connectivity index (χ1n) is 6.31. The van der Waals surface area contributed by atoms with Crippen molar-refractivity contribution in [1.29, 1.82) is 0 Å². The molecule has 0 unspecified atom stereocenters. The van der Waals surface area contributed by atoms with E-state index in [1.54, 1.807) is 0 Å². The fourth-order valence-electron chi connectivity index (χ4n) is 2.87. The second-order valence-corrected chi connectivity index (χ2v) is 4.90. The molecule has 0 spiro atoms. The maximum absolute atomic E-state index is 9.69. The predicted molar refractivity (Wildman–Crippen MR) is 59.9 cm³/mol. The Labute approximate surface area is 92.4 Å². The van der Waals surface area contributed by atoms with E-state index in [0.29, 0.717) is 6.61 Å². The molecule has 2 aliphatic heterocycles. The van der Waals surface area contributed by atoms with E-state index in [1.807, 2.05) is 0 Å². The molecule has 2 aliphatic rings. The lowest BCUT2D eigenvalue weighted by Crippen LogP contribution is -2.55. The van der Waals surface area contributed by atoms with E-state index in [-0.39, 0.29) is 5.54 Å². The summed E-state index contributed by atoms with van der Waals surface area (Å²) in [5, 5.41) is 9.69. The van der Waals surface area contributed by atoms with Crippen molar-refractivity contribution in [2.75, 3.05) is 32.9 Å². The Bertz CT molecular complexity index is 182. The molecule has 0 saturated carbocycles. The Kier molecular flexibility index (Phi) is 4.00. The van der Waals surface area contributed by atoms with Gasteiger partial charge in [0.15, 0.2) is 0 Å². The topological polar surface area (TPSA) is 32.7 Å². The molecule has 15 heavy (non-hydrogen) atoms. The molecule has 0 aromatic carbocycles. The molecular formula is C12H23NO2. The van der Waals surface area contributed by atoms with Crippen LogP contribution in [-0.2, 0) is 4.74 Å². The maximum Gasteiger partial charge on any atom is 0.0617 e. The second-order valence-electron chi connectivity index (χ2n) is 4.90. The average Bonchev–Trinajstić information content (AvgIpc) is 2.59. The number of nitrogens with zero attached hydrogens (tertiary/aromatic N) is 1. The van der Waals surface area contributed by atoms with E-state index in [2.05, 4.69) is 4.90 Å². The Morgan fingerprint density at radius 1 is 1.00 bits per heavy atom. The number of rotatable bonds is 2. The highest BCUT2D eigenvalue weighted by Crippen LogP contribution is 2.29. The smallest absolute Gasteiger partial charge is 0.0617 e. The lowest BCUT2D eigenvalue weighted by molar-refractivity contribution is -0.0553. The zero-order valence-corrected chi connectivity index (χ0v) is 9.58. The van der Waals surface area contributed by atoms with Gasteiger partial charge in [0.1, 0.15) is 0 Å². The van der Waals surface area contributed by atoms with Crippen LogP contribution in [0.3, 0.4) is 0 Å². The van der Waals surface area contributed by atoms with Crippen molar-refractivity contribution >= 4 is 0 Å². The van der Waals surface area contributed by atoms with E-state index >= 15 is 0 Å². The first-order chi connectivity index (χ1) is 7.37. The van der Waals surface area contributed by atoms with Crippen molar-refractivity contribution in [3.63, 3.8) is 0 Å². The summed E-state index contributed by atoms with van der Waals surface area (Å²) in [6.45, 7) is 4.27. The monoisotopic (exact) mass is 213 g/mol. The lowest BCUT2D eigenvalue weighted by Gasteiger charge is -2.45.